The lowest BCUT2D eigenvalue weighted by Gasteiger charge is -2.26. The van der Waals surface area contributed by atoms with E-state index in [1.807, 2.05) is 18.2 Å². The fourth-order valence-corrected chi connectivity index (χ4v) is 2.51. The van der Waals surface area contributed by atoms with E-state index in [1.165, 1.54) is 18.4 Å². The zero-order valence-electron chi connectivity index (χ0n) is 11.5. The van der Waals surface area contributed by atoms with Gasteiger partial charge in [0.05, 0.1) is 0 Å². The van der Waals surface area contributed by atoms with Crippen LogP contribution in [0, 0.1) is 0 Å². The molecule has 102 valence electrons. The van der Waals surface area contributed by atoms with Crippen molar-refractivity contribution in [3.05, 3.63) is 34.9 Å². The second-order valence-corrected chi connectivity index (χ2v) is 5.22. The molecule has 1 rings (SSSR count). The van der Waals surface area contributed by atoms with Gasteiger partial charge in [-0.15, -0.1) is 0 Å². The van der Waals surface area contributed by atoms with Crippen LogP contribution in [0.5, 0.6) is 0 Å². The van der Waals surface area contributed by atoms with Gasteiger partial charge in [0.1, 0.15) is 0 Å². The zero-order chi connectivity index (χ0) is 13.4. The molecule has 0 aliphatic heterocycles. The lowest BCUT2D eigenvalue weighted by atomic mass is 9.98. The van der Waals surface area contributed by atoms with Crippen molar-refractivity contribution in [3.8, 4) is 0 Å². The number of benzene rings is 1. The van der Waals surface area contributed by atoms with Gasteiger partial charge in [0.15, 0.2) is 0 Å². The second-order valence-electron chi connectivity index (χ2n) is 4.79. The van der Waals surface area contributed by atoms with Crippen molar-refractivity contribution >= 4 is 11.6 Å². The number of nitrogens with two attached hydrogens (primary N) is 1. The molecular formula is C15H25ClN2. The maximum atomic E-state index is 6.05. The predicted molar refractivity (Wildman–Crippen MR) is 80.3 cm³/mol. The molecule has 0 aromatic heterocycles. The van der Waals surface area contributed by atoms with Crippen LogP contribution in [0.2, 0.25) is 5.02 Å². The minimum atomic E-state index is 0.377. The normalized spacial score (nSPS) is 12.9. The summed E-state index contributed by atoms with van der Waals surface area (Å²) >= 11 is 6.05. The molecule has 3 heteroatoms. The topological polar surface area (TPSA) is 29.3 Å². The number of halogens is 1. The Morgan fingerprint density at radius 1 is 1.22 bits per heavy atom. The lowest BCUT2D eigenvalue weighted by molar-refractivity contribution is 0.258. The fraction of sp³-hybridized carbons (Fsp3) is 0.600. The Kier molecular flexibility index (Phi) is 7.33. The van der Waals surface area contributed by atoms with Gasteiger partial charge >= 0.3 is 0 Å². The average Bonchev–Trinajstić information content (AvgIpc) is 2.36. The van der Waals surface area contributed by atoms with E-state index in [9.17, 15) is 0 Å². The zero-order valence-corrected chi connectivity index (χ0v) is 12.3. The SMILES string of the molecule is CCCN(CCC)CC(CN)c1cccc(Cl)c1. The summed E-state index contributed by atoms with van der Waals surface area (Å²) in [5.41, 5.74) is 7.18. The van der Waals surface area contributed by atoms with E-state index in [4.69, 9.17) is 17.3 Å². The van der Waals surface area contributed by atoms with Crippen LogP contribution in [-0.2, 0) is 0 Å². The molecule has 0 aliphatic carbocycles. The summed E-state index contributed by atoms with van der Waals surface area (Å²) in [6.45, 7) is 8.43. The molecule has 18 heavy (non-hydrogen) atoms. The highest BCUT2D eigenvalue weighted by Crippen LogP contribution is 2.20. The van der Waals surface area contributed by atoms with E-state index >= 15 is 0 Å². The molecule has 0 spiro atoms. The quantitative estimate of drug-likeness (QED) is 0.782. The smallest absolute Gasteiger partial charge is 0.0408 e. The Morgan fingerprint density at radius 3 is 2.39 bits per heavy atom. The third kappa shape index (κ3) is 4.97. The lowest BCUT2D eigenvalue weighted by Crippen LogP contribution is -2.33. The molecule has 1 aromatic rings. The van der Waals surface area contributed by atoms with Crippen LogP contribution in [-0.4, -0.2) is 31.1 Å². The van der Waals surface area contributed by atoms with Gasteiger partial charge < -0.3 is 10.6 Å². The molecule has 1 atom stereocenters. The van der Waals surface area contributed by atoms with Crippen LogP contribution < -0.4 is 5.73 Å². The van der Waals surface area contributed by atoms with Gasteiger partial charge in [-0.25, -0.2) is 0 Å². The van der Waals surface area contributed by atoms with Crippen molar-refractivity contribution in [1.82, 2.24) is 4.90 Å². The Hall–Kier alpha value is -0.570. The highest BCUT2D eigenvalue weighted by atomic mass is 35.5. The van der Waals surface area contributed by atoms with Crippen molar-refractivity contribution in [2.24, 2.45) is 5.73 Å². The van der Waals surface area contributed by atoms with E-state index in [1.54, 1.807) is 0 Å². The number of rotatable bonds is 8. The van der Waals surface area contributed by atoms with Crippen LogP contribution in [0.25, 0.3) is 0 Å². The third-order valence-corrected chi connectivity index (χ3v) is 3.40. The molecule has 0 saturated carbocycles. The van der Waals surface area contributed by atoms with Crippen LogP contribution in [0.3, 0.4) is 0 Å². The summed E-state index contributed by atoms with van der Waals surface area (Å²) in [5, 5.41) is 0.795. The monoisotopic (exact) mass is 268 g/mol. The molecule has 0 heterocycles. The second kappa shape index (κ2) is 8.52. The highest BCUT2D eigenvalue weighted by molar-refractivity contribution is 6.30. The van der Waals surface area contributed by atoms with Crippen LogP contribution in [0.15, 0.2) is 24.3 Å². The Bertz CT molecular complexity index is 335. The van der Waals surface area contributed by atoms with E-state index in [0.29, 0.717) is 12.5 Å². The maximum absolute atomic E-state index is 6.05. The molecule has 0 radical (unpaired) electrons. The van der Waals surface area contributed by atoms with Gasteiger partial charge in [0.25, 0.3) is 0 Å². The Balaban J connectivity index is 2.70. The minimum Gasteiger partial charge on any atom is -0.330 e. The number of hydrogen-bond acceptors (Lipinski definition) is 2. The summed E-state index contributed by atoms with van der Waals surface area (Å²) in [6.07, 6.45) is 2.37. The summed E-state index contributed by atoms with van der Waals surface area (Å²) in [4.78, 5) is 2.50. The van der Waals surface area contributed by atoms with Crippen molar-refractivity contribution in [1.29, 1.82) is 0 Å². The van der Waals surface area contributed by atoms with Crippen LogP contribution in [0.4, 0.5) is 0 Å². The maximum Gasteiger partial charge on any atom is 0.0408 e. The standard InChI is InChI=1S/C15H25ClN2/c1-3-8-18(9-4-2)12-14(11-17)13-6-5-7-15(16)10-13/h5-7,10,14H,3-4,8-9,11-12,17H2,1-2H3. The number of hydrogen-bond donors (Lipinski definition) is 1. The van der Waals surface area contributed by atoms with Gasteiger partial charge in [-0.3, -0.25) is 0 Å². The van der Waals surface area contributed by atoms with Gasteiger partial charge in [-0.1, -0.05) is 37.6 Å². The Labute approximate surface area is 116 Å². The first-order chi connectivity index (χ1) is 8.71. The summed E-state index contributed by atoms with van der Waals surface area (Å²) < 4.78 is 0. The summed E-state index contributed by atoms with van der Waals surface area (Å²) in [7, 11) is 0. The molecule has 0 amide bonds. The summed E-state index contributed by atoms with van der Waals surface area (Å²) in [5.74, 6) is 0.377. The van der Waals surface area contributed by atoms with Crippen LogP contribution >= 0.6 is 11.6 Å². The minimum absolute atomic E-state index is 0.377. The molecule has 2 nitrogen and oxygen atoms in total. The van der Waals surface area contributed by atoms with E-state index < -0.39 is 0 Å². The van der Waals surface area contributed by atoms with Crippen molar-refractivity contribution in [2.75, 3.05) is 26.2 Å². The molecule has 1 unspecified atom stereocenters. The molecule has 0 aliphatic rings. The molecule has 0 saturated heterocycles. The predicted octanol–water partition coefficient (Wildman–Crippen LogP) is 3.50. The molecule has 0 fully saturated rings. The molecular weight excluding hydrogens is 244 g/mol. The third-order valence-electron chi connectivity index (χ3n) is 3.16. The highest BCUT2D eigenvalue weighted by Gasteiger charge is 2.14. The first-order valence-electron chi connectivity index (χ1n) is 6.89. The largest absolute Gasteiger partial charge is 0.330 e. The van der Waals surface area contributed by atoms with Crippen molar-refractivity contribution < 1.29 is 0 Å². The number of nitrogens with zero attached hydrogens (tertiary/aromatic N) is 1. The molecule has 1 aromatic carbocycles. The first kappa shape index (κ1) is 15.5. The Morgan fingerprint density at radius 2 is 1.89 bits per heavy atom. The van der Waals surface area contributed by atoms with E-state index in [0.717, 1.165) is 24.7 Å². The van der Waals surface area contributed by atoms with Crippen molar-refractivity contribution in [3.63, 3.8) is 0 Å². The van der Waals surface area contributed by atoms with E-state index in [-0.39, 0.29) is 0 Å². The van der Waals surface area contributed by atoms with Gasteiger partial charge in [-0.2, -0.15) is 0 Å². The van der Waals surface area contributed by atoms with Crippen molar-refractivity contribution in [2.45, 2.75) is 32.6 Å². The molecule has 0 bridgehead atoms. The van der Waals surface area contributed by atoms with Gasteiger partial charge in [0.2, 0.25) is 0 Å². The molecule has 2 N–H and O–H groups in total. The first-order valence-corrected chi connectivity index (χ1v) is 7.26. The van der Waals surface area contributed by atoms with Gasteiger partial charge in [0, 0.05) is 24.0 Å². The fourth-order valence-electron chi connectivity index (χ4n) is 2.32. The van der Waals surface area contributed by atoms with Crippen LogP contribution in [0.1, 0.15) is 38.2 Å². The average molecular weight is 269 g/mol. The van der Waals surface area contributed by atoms with Gasteiger partial charge in [-0.05, 0) is 43.6 Å². The van der Waals surface area contributed by atoms with E-state index in [2.05, 4.69) is 24.8 Å². The summed E-state index contributed by atoms with van der Waals surface area (Å²) in [6, 6.07) is 8.08.